The minimum atomic E-state index is -0.550. The second kappa shape index (κ2) is 7.82. The summed E-state index contributed by atoms with van der Waals surface area (Å²) in [5, 5.41) is 4.33. The van der Waals surface area contributed by atoms with Gasteiger partial charge in [-0.05, 0) is 54.7 Å². The standard InChI is InChI=1S/C24H28N2O3/c1-14(2)18-7-5-6-8-23(18)29-15(3)24(27)25-16-11-19-20-13-17(28-4)9-10-21(20)26-22(19)12-16/h5-10,13-16,26H,11-12H2,1-4H3,(H,25,27). The monoisotopic (exact) mass is 392 g/mol. The molecule has 3 aromatic rings. The van der Waals surface area contributed by atoms with Gasteiger partial charge in [0.05, 0.1) is 7.11 Å². The lowest BCUT2D eigenvalue weighted by Crippen LogP contribution is -2.43. The summed E-state index contributed by atoms with van der Waals surface area (Å²) in [6.45, 7) is 6.05. The van der Waals surface area contributed by atoms with Gasteiger partial charge in [-0.15, -0.1) is 0 Å². The van der Waals surface area contributed by atoms with E-state index in [-0.39, 0.29) is 11.9 Å². The fourth-order valence-corrected chi connectivity index (χ4v) is 4.11. The highest BCUT2D eigenvalue weighted by molar-refractivity contribution is 5.87. The van der Waals surface area contributed by atoms with E-state index in [1.165, 1.54) is 16.6 Å². The van der Waals surface area contributed by atoms with E-state index in [0.29, 0.717) is 5.92 Å². The molecule has 1 aliphatic carbocycles. The number of carbonyl (C=O) groups excluding carboxylic acids is 1. The molecule has 4 rings (SSSR count). The minimum absolute atomic E-state index is 0.0748. The van der Waals surface area contributed by atoms with Crippen molar-refractivity contribution < 1.29 is 14.3 Å². The van der Waals surface area contributed by atoms with Crippen molar-refractivity contribution >= 4 is 16.8 Å². The number of fused-ring (bicyclic) bond motifs is 3. The molecule has 0 radical (unpaired) electrons. The van der Waals surface area contributed by atoms with Gasteiger partial charge in [0, 0.05) is 29.1 Å². The van der Waals surface area contributed by atoms with Crippen molar-refractivity contribution in [3.8, 4) is 11.5 Å². The highest BCUT2D eigenvalue weighted by Crippen LogP contribution is 2.32. The predicted octanol–water partition coefficient (Wildman–Crippen LogP) is 4.35. The number of aromatic nitrogens is 1. The van der Waals surface area contributed by atoms with Crippen LogP contribution in [0.3, 0.4) is 0 Å². The summed E-state index contributed by atoms with van der Waals surface area (Å²) in [7, 11) is 1.68. The van der Waals surface area contributed by atoms with Crippen LogP contribution in [0.15, 0.2) is 42.5 Å². The van der Waals surface area contributed by atoms with Crippen molar-refractivity contribution in [1.82, 2.24) is 10.3 Å². The lowest BCUT2D eigenvalue weighted by Gasteiger charge is -2.20. The van der Waals surface area contributed by atoms with E-state index in [1.807, 2.05) is 36.4 Å². The Labute approximate surface area is 171 Å². The summed E-state index contributed by atoms with van der Waals surface area (Å²) >= 11 is 0. The van der Waals surface area contributed by atoms with Crippen molar-refractivity contribution in [1.29, 1.82) is 0 Å². The minimum Gasteiger partial charge on any atom is -0.497 e. The Kier molecular flexibility index (Phi) is 5.22. The highest BCUT2D eigenvalue weighted by atomic mass is 16.5. The topological polar surface area (TPSA) is 63.3 Å². The van der Waals surface area contributed by atoms with Crippen molar-refractivity contribution in [3.63, 3.8) is 0 Å². The Morgan fingerprint density at radius 2 is 1.93 bits per heavy atom. The van der Waals surface area contributed by atoms with E-state index in [1.54, 1.807) is 14.0 Å². The van der Waals surface area contributed by atoms with Crippen molar-refractivity contribution in [2.45, 2.75) is 51.7 Å². The lowest BCUT2D eigenvalue weighted by molar-refractivity contribution is -0.127. The third-order valence-electron chi connectivity index (χ3n) is 5.66. The molecule has 5 heteroatoms. The van der Waals surface area contributed by atoms with E-state index < -0.39 is 6.10 Å². The first kappa shape index (κ1) is 19.4. The van der Waals surface area contributed by atoms with Gasteiger partial charge in [0.1, 0.15) is 11.5 Å². The fourth-order valence-electron chi connectivity index (χ4n) is 4.11. The van der Waals surface area contributed by atoms with E-state index in [9.17, 15) is 4.79 Å². The molecule has 0 bridgehead atoms. The van der Waals surface area contributed by atoms with E-state index in [4.69, 9.17) is 9.47 Å². The van der Waals surface area contributed by atoms with Crippen molar-refractivity contribution in [2.24, 2.45) is 0 Å². The molecule has 2 atom stereocenters. The van der Waals surface area contributed by atoms with Crippen LogP contribution in [0.2, 0.25) is 0 Å². The SMILES string of the molecule is COc1ccc2[nH]c3c(c2c1)CC(NC(=O)C(C)Oc1ccccc1C(C)C)C3. The Hall–Kier alpha value is -2.95. The summed E-state index contributed by atoms with van der Waals surface area (Å²) in [6, 6.07) is 14.1. The van der Waals surface area contributed by atoms with Crippen LogP contribution in [0.25, 0.3) is 10.9 Å². The Morgan fingerprint density at radius 3 is 2.69 bits per heavy atom. The zero-order chi connectivity index (χ0) is 20.5. The van der Waals surface area contributed by atoms with Crippen molar-refractivity contribution in [2.75, 3.05) is 7.11 Å². The smallest absolute Gasteiger partial charge is 0.261 e. The van der Waals surface area contributed by atoms with Gasteiger partial charge in [-0.1, -0.05) is 32.0 Å². The molecule has 0 aliphatic heterocycles. The van der Waals surface area contributed by atoms with E-state index in [0.717, 1.165) is 35.4 Å². The molecule has 2 N–H and O–H groups in total. The van der Waals surface area contributed by atoms with Crippen LogP contribution in [-0.4, -0.2) is 30.1 Å². The van der Waals surface area contributed by atoms with E-state index >= 15 is 0 Å². The molecule has 0 saturated heterocycles. The second-order valence-corrected chi connectivity index (χ2v) is 8.06. The molecule has 2 aromatic carbocycles. The first-order chi connectivity index (χ1) is 14.0. The molecule has 29 heavy (non-hydrogen) atoms. The predicted molar refractivity (Wildman–Crippen MR) is 115 cm³/mol. The summed E-state index contributed by atoms with van der Waals surface area (Å²) < 4.78 is 11.4. The number of hydrogen-bond acceptors (Lipinski definition) is 3. The van der Waals surface area contributed by atoms with Crippen molar-refractivity contribution in [3.05, 3.63) is 59.3 Å². The van der Waals surface area contributed by atoms with E-state index in [2.05, 4.69) is 30.2 Å². The molecule has 0 spiro atoms. The number of benzene rings is 2. The van der Waals surface area contributed by atoms with Crippen LogP contribution in [0, 0.1) is 0 Å². The average Bonchev–Trinajstić information content (AvgIpc) is 3.24. The number of nitrogens with one attached hydrogen (secondary N) is 2. The average molecular weight is 392 g/mol. The third-order valence-corrected chi connectivity index (χ3v) is 5.66. The van der Waals surface area contributed by atoms with Crippen LogP contribution in [0.1, 0.15) is 43.5 Å². The Morgan fingerprint density at radius 1 is 1.14 bits per heavy atom. The molecule has 5 nitrogen and oxygen atoms in total. The highest BCUT2D eigenvalue weighted by Gasteiger charge is 2.28. The largest absolute Gasteiger partial charge is 0.497 e. The number of H-pyrrole nitrogens is 1. The van der Waals surface area contributed by atoms with Crippen LogP contribution in [0.5, 0.6) is 11.5 Å². The first-order valence-electron chi connectivity index (χ1n) is 10.2. The van der Waals surface area contributed by atoms with Gasteiger partial charge < -0.3 is 19.8 Å². The number of amides is 1. The number of aromatic amines is 1. The van der Waals surface area contributed by atoms with Crippen LogP contribution in [0.4, 0.5) is 0 Å². The molecule has 1 heterocycles. The zero-order valence-electron chi connectivity index (χ0n) is 17.4. The molecule has 1 aliphatic rings. The quantitative estimate of drug-likeness (QED) is 0.655. The van der Waals surface area contributed by atoms with Gasteiger partial charge in [0.25, 0.3) is 5.91 Å². The number of methoxy groups -OCH3 is 1. The molecule has 1 aromatic heterocycles. The molecular formula is C24H28N2O3. The Bertz CT molecular complexity index is 1040. The number of rotatable bonds is 6. The number of ether oxygens (including phenoxy) is 2. The molecule has 0 saturated carbocycles. The maximum atomic E-state index is 12.8. The molecule has 1 amide bonds. The van der Waals surface area contributed by atoms with Crippen LogP contribution < -0.4 is 14.8 Å². The first-order valence-corrected chi connectivity index (χ1v) is 10.2. The molecule has 2 unspecified atom stereocenters. The van der Waals surface area contributed by atoms with Gasteiger partial charge in [-0.2, -0.15) is 0 Å². The summed E-state index contributed by atoms with van der Waals surface area (Å²) in [6.07, 6.45) is 1.06. The number of para-hydroxylation sites is 1. The normalized spacial score (nSPS) is 16.7. The van der Waals surface area contributed by atoms with Crippen LogP contribution in [-0.2, 0) is 17.6 Å². The van der Waals surface area contributed by atoms with Gasteiger partial charge in [0.2, 0.25) is 0 Å². The van der Waals surface area contributed by atoms with Gasteiger partial charge in [-0.3, -0.25) is 4.79 Å². The van der Waals surface area contributed by atoms with Gasteiger partial charge >= 0.3 is 0 Å². The molecule has 152 valence electrons. The van der Waals surface area contributed by atoms with Crippen LogP contribution >= 0.6 is 0 Å². The molecule has 0 fully saturated rings. The summed E-state index contributed by atoms with van der Waals surface area (Å²) in [4.78, 5) is 16.2. The van der Waals surface area contributed by atoms with Gasteiger partial charge in [0.15, 0.2) is 6.10 Å². The maximum absolute atomic E-state index is 12.8. The third kappa shape index (κ3) is 3.82. The Balaban J connectivity index is 1.42. The maximum Gasteiger partial charge on any atom is 0.261 e. The van der Waals surface area contributed by atoms with Gasteiger partial charge in [-0.25, -0.2) is 0 Å². The summed E-state index contributed by atoms with van der Waals surface area (Å²) in [5.41, 5.74) is 4.69. The lowest BCUT2D eigenvalue weighted by atomic mass is 10.0. The number of hydrogen-bond donors (Lipinski definition) is 2. The fraction of sp³-hybridized carbons (Fsp3) is 0.375. The zero-order valence-corrected chi connectivity index (χ0v) is 17.4. The molecular weight excluding hydrogens is 364 g/mol. The second-order valence-electron chi connectivity index (χ2n) is 8.06. The number of carbonyl (C=O) groups is 1. The summed E-state index contributed by atoms with van der Waals surface area (Å²) in [5.74, 6) is 1.88.